The molecule has 3 rings (SSSR count). The predicted octanol–water partition coefficient (Wildman–Crippen LogP) is 3.06. The number of nitrogen functional groups attached to an aromatic ring is 1. The summed E-state index contributed by atoms with van der Waals surface area (Å²) in [7, 11) is 1.88. The monoisotopic (exact) mass is 367 g/mol. The molecule has 1 aliphatic heterocycles. The molecule has 1 saturated heterocycles. The number of nitrogens with two attached hydrogens (primary N) is 1. The normalized spacial score (nSPS) is 15.3. The van der Waals surface area contributed by atoms with E-state index in [9.17, 15) is 4.79 Å². The predicted molar refractivity (Wildman–Crippen MR) is 108 cm³/mol. The molecular formula is C21H29N5O. The van der Waals surface area contributed by atoms with Gasteiger partial charge < -0.3 is 15.5 Å². The molecule has 2 heterocycles. The minimum atomic E-state index is 0.0611. The summed E-state index contributed by atoms with van der Waals surface area (Å²) >= 11 is 0. The summed E-state index contributed by atoms with van der Waals surface area (Å²) in [5.74, 6) is 0.318. The maximum atomic E-state index is 12.6. The lowest BCUT2D eigenvalue weighted by molar-refractivity contribution is 0.0788. The Bertz CT molecular complexity index is 721. The second kappa shape index (κ2) is 9.46. The fraction of sp³-hybridized carbons (Fsp3) is 0.476. The smallest absolute Gasteiger partial charge is 0.253 e. The summed E-state index contributed by atoms with van der Waals surface area (Å²) in [6, 6.07) is 7.57. The number of amides is 1. The molecule has 1 aliphatic rings. The first-order valence-electron chi connectivity index (χ1n) is 9.79. The van der Waals surface area contributed by atoms with E-state index in [1.165, 1.54) is 38.8 Å². The summed E-state index contributed by atoms with van der Waals surface area (Å²) in [6.45, 7) is 4.26. The van der Waals surface area contributed by atoms with Crippen molar-refractivity contribution in [3.8, 4) is 11.1 Å². The first-order chi connectivity index (χ1) is 13.1. The summed E-state index contributed by atoms with van der Waals surface area (Å²) in [5, 5.41) is 0. The Morgan fingerprint density at radius 3 is 2.30 bits per heavy atom. The Kier molecular flexibility index (Phi) is 6.76. The number of benzene rings is 1. The van der Waals surface area contributed by atoms with E-state index >= 15 is 0 Å². The Morgan fingerprint density at radius 1 is 1.04 bits per heavy atom. The molecule has 0 spiro atoms. The zero-order chi connectivity index (χ0) is 19.1. The summed E-state index contributed by atoms with van der Waals surface area (Å²) in [4.78, 5) is 25.0. The van der Waals surface area contributed by atoms with Gasteiger partial charge in [-0.05, 0) is 56.6 Å². The molecule has 1 amide bonds. The molecule has 0 atom stereocenters. The first kappa shape index (κ1) is 19.3. The maximum Gasteiger partial charge on any atom is 0.253 e. The van der Waals surface area contributed by atoms with Crippen LogP contribution in [0.1, 0.15) is 42.5 Å². The van der Waals surface area contributed by atoms with Gasteiger partial charge in [-0.3, -0.25) is 4.79 Å². The van der Waals surface area contributed by atoms with Crippen LogP contribution in [-0.4, -0.2) is 58.9 Å². The third-order valence-electron chi connectivity index (χ3n) is 5.15. The number of carbonyl (C=O) groups excluding carboxylic acids is 1. The molecule has 6 heteroatoms. The fourth-order valence-electron chi connectivity index (χ4n) is 3.51. The lowest BCUT2D eigenvalue weighted by atomic mass is 10.1. The molecule has 1 aromatic heterocycles. The van der Waals surface area contributed by atoms with Crippen molar-refractivity contribution in [1.82, 2.24) is 19.8 Å². The van der Waals surface area contributed by atoms with Gasteiger partial charge in [-0.2, -0.15) is 0 Å². The van der Waals surface area contributed by atoms with Crippen molar-refractivity contribution in [3.63, 3.8) is 0 Å². The van der Waals surface area contributed by atoms with Crippen LogP contribution in [0.15, 0.2) is 36.7 Å². The van der Waals surface area contributed by atoms with Crippen LogP contribution in [0.2, 0.25) is 0 Å². The first-order valence-corrected chi connectivity index (χ1v) is 9.79. The van der Waals surface area contributed by atoms with E-state index in [-0.39, 0.29) is 11.9 Å². The van der Waals surface area contributed by atoms with E-state index in [4.69, 9.17) is 5.73 Å². The number of hydrogen-bond donors (Lipinski definition) is 1. The molecule has 0 radical (unpaired) electrons. The Labute approximate surface area is 161 Å². The van der Waals surface area contributed by atoms with E-state index in [1.54, 1.807) is 12.4 Å². The molecule has 0 unspecified atom stereocenters. The van der Waals surface area contributed by atoms with Crippen LogP contribution in [0.5, 0.6) is 0 Å². The van der Waals surface area contributed by atoms with Gasteiger partial charge in [0.25, 0.3) is 5.91 Å². The maximum absolute atomic E-state index is 12.6. The second-order valence-corrected chi connectivity index (χ2v) is 7.24. The topological polar surface area (TPSA) is 75.3 Å². The Balaban J connectivity index is 1.51. The molecule has 0 saturated carbocycles. The van der Waals surface area contributed by atoms with Gasteiger partial charge in [0.05, 0.1) is 0 Å². The van der Waals surface area contributed by atoms with Gasteiger partial charge in [0.15, 0.2) is 0 Å². The lowest BCUT2D eigenvalue weighted by Gasteiger charge is -2.22. The molecule has 1 fully saturated rings. The molecule has 0 bridgehead atoms. The van der Waals surface area contributed by atoms with Crippen molar-refractivity contribution in [2.45, 2.75) is 32.1 Å². The molecule has 2 N–H and O–H groups in total. The van der Waals surface area contributed by atoms with Crippen LogP contribution >= 0.6 is 0 Å². The van der Waals surface area contributed by atoms with Gasteiger partial charge in [0.2, 0.25) is 5.95 Å². The van der Waals surface area contributed by atoms with E-state index in [1.807, 2.05) is 36.2 Å². The van der Waals surface area contributed by atoms with E-state index in [0.717, 1.165) is 30.6 Å². The van der Waals surface area contributed by atoms with Gasteiger partial charge in [-0.1, -0.05) is 25.0 Å². The van der Waals surface area contributed by atoms with Gasteiger partial charge in [-0.15, -0.1) is 0 Å². The van der Waals surface area contributed by atoms with E-state index in [0.29, 0.717) is 5.56 Å². The Hall–Kier alpha value is -2.47. The number of nitrogens with zero attached hydrogens (tertiary/aromatic N) is 4. The largest absolute Gasteiger partial charge is 0.368 e. The fourth-order valence-corrected chi connectivity index (χ4v) is 3.51. The van der Waals surface area contributed by atoms with Crippen molar-refractivity contribution in [3.05, 3.63) is 42.2 Å². The average Bonchev–Trinajstić information content (AvgIpc) is 2.97. The molecule has 2 aromatic rings. The number of anilines is 1. The highest BCUT2D eigenvalue weighted by Gasteiger charge is 2.13. The van der Waals surface area contributed by atoms with Gasteiger partial charge in [-0.25, -0.2) is 9.97 Å². The summed E-state index contributed by atoms with van der Waals surface area (Å²) in [5.41, 5.74) is 8.07. The van der Waals surface area contributed by atoms with Crippen molar-refractivity contribution in [2.75, 3.05) is 39.0 Å². The van der Waals surface area contributed by atoms with Crippen molar-refractivity contribution < 1.29 is 4.79 Å². The van der Waals surface area contributed by atoms with Crippen LogP contribution in [0.25, 0.3) is 11.1 Å². The molecule has 1 aromatic carbocycles. The minimum Gasteiger partial charge on any atom is -0.368 e. The highest BCUT2D eigenvalue weighted by atomic mass is 16.2. The minimum absolute atomic E-state index is 0.0611. The zero-order valence-corrected chi connectivity index (χ0v) is 16.1. The second-order valence-electron chi connectivity index (χ2n) is 7.24. The van der Waals surface area contributed by atoms with Crippen molar-refractivity contribution >= 4 is 11.9 Å². The van der Waals surface area contributed by atoms with Crippen LogP contribution in [0, 0.1) is 0 Å². The van der Waals surface area contributed by atoms with Crippen LogP contribution in [0.4, 0.5) is 5.95 Å². The zero-order valence-electron chi connectivity index (χ0n) is 16.1. The lowest BCUT2D eigenvalue weighted by Crippen LogP contribution is -2.32. The van der Waals surface area contributed by atoms with Gasteiger partial charge >= 0.3 is 0 Å². The number of carbonyl (C=O) groups is 1. The van der Waals surface area contributed by atoms with Gasteiger partial charge in [0, 0.05) is 37.1 Å². The van der Waals surface area contributed by atoms with Gasteiger partial charge in [0.1, 0.15) is 0 Å². The third kappa shape index (κ3) is 5.50. The standard InChI is InChI=1S/C21H29N5O/c1-25(11-6-14-26-12-4-2-3-5-13-26)20(27)18-9-7-17(8-10-18)19-15-23-21(22)24-16-19/h7-10,15-16H,2-6,11-14H2,1H3,(H2,22,23,24). The highest BCUT2D eigenvalue weighted by Crippen LogP contribution is 2.19. The van der Waals surface area contributed by atoms with Crippen molar-refractivity contribution in [2.24, 2.45) is 0 Å². The highest BCUT2D eigenvalue weighted by molar-refractivity contribution is 5.94. The molecule has 144 valence electrons. The van der Waals surface area contributed by atoms with E-state index < -0.39 is 0 Å². The number of hydrogen-bond acceptors (Lipinski definition) is 5. The van der Waals surface area contributed by atoms with Crippen molar-refractivity contribution in [1.29, 1.82) is 0 Å². The number of rotatable bonds is 6. The Morgan fingerprint density at radius 2 is 1.67 bits per heavy atom. The average molecular weight is 367 g/mol. The third-order valence-corrected chi connectivity index (χ3v) is 5.15. The number of aromatic nitrogens is 2. The quantitative estimate of drug-likeness (QED) is 0.849. The van der Waals surface area contributed by atoms with Crippen LogP contribution in [0.3, 0.4) is 0 Å². The molecule has 27 heavy (non-hydrogen) atoms. The molecule has 0 aliphatic carbocycles. The van der Waals surface area contributed by atoms with E-state index in [2.05, 4.69) is 14.9 Å². The SMILES string of the molecule is CN(CCCN1CCCCCC1)C(=O)c1ccc(-c2cnc(N)nc2)cc1. The molecular weight excluding hydrogens is 338 g/mol. The number of likely N-dealkylation sites (tertiary alicyclic amines) is 1. The molecule has 6 nitrogen and oxygen atoms in total. The summed E-state index contributed by atoms with van der Waals surface area (Å²) < 4.78 is 0. The summed E-state index contributed by atoms with van der Waals surface area (Å²) in [6.07, 6.45) is 9.71. The van der Waals surface area contributed by atoms with Crippen LogP contribution in [-0.2, 0) is 0 Å². The van der Waals surface area contributed by atoms with Crippen LogP contribution < -0.4 is 5.73 Å².